The molecule has 0 radical (unpaired) electrons. The number of aromatic nitrogens is 1. The van der Waals surface area contributed by atoms with E-state index in [2.05, 4.69) is 17.1 Å². The topological polar surface area (TPSA) is 39.2 Å². The van der Waals surface area contributed by atoms with Crippen LogP contribution >= 0.6 is 0 Å². The minimum absolute atomic E-state index is 0.530. The van der Waals surface area contributed by atoms with Crippen LogP contribution in [0.25, 0.3) is 0 Å². The van der Waals surface area contributed by atoms with Gasteiger partial charge in [0.05, 0.1) is 12.8 Å². The fourth-order valence-corrected chi connectivity index (χ4v) is 1.51. The molecule has 1 aromatic carbocycles. The van der Waals surface area contributed by atoms with Crippen molar-refractivity contribution < 1.29 is 9.53 Å². The van der Waals surface area contributed by atoms with Crippen molar-refractivity contribution in [1.29, 1.82) is 0 Å². The van der Waals surface area contributed by atoms with Crippen molar-refractivity contribution in [3.63, 3.8) is 0 Å². The molecule has 2 rings (SSSR count). The first kappa shape index (κ1) is 11.3. The number of rotatable bonds is 5. The second kappa shape index (κ2) is 5.80. The van der Waals surface area contributed by atoms with Crippen LogP contribution < -0.4 is 4.74 Å². The van der Waals surface area contributed by atoms with Crippen molar-refractivity contribution >= 4 is 6.29 Å². The van der Waals surface area contributed by atoms with Gasteiger partial charge in [0, 0.05) is 18.2 Å². The molecule has 0 bridgehead atoms. The Morgan fingerprint density at radius 2 is 2.00 bits per heavy atom. The average molecular weight is 227 g/mol. The van der Waals surface area contributed by atoms with E-state index in [9.17, 15) is 4.79 Å². The number of benzene rings is 1. The minimum Gasteiger partial charge on any atom is -0.492 e. The largest absolute Gasteiger partial charge is 0.492 e. The predicted molar refractivity (Wildman–Crippen MR) is 65.3 cm³/mol. The number of aldehydes is 1. The van der Waals surface area contributed by atoms with Gasteiger partial charge in [-0.1, -0.05) is 30.3 Å². The lowest BCUT2D eigenvalue weighted by Gasteiger charge is -2.05. The Balaban J connectivity index is 1.88. The van der Waals surface area contributed by atoms with E-state index in [1.165, 1.54) is 11.8 Å². The summed E-state index contributed by atoms with van der Waals surface area (Å²) in [5.41, 5.74) is 1.76. The second-order valence-electron chi connectivity index (χ2n) is 3.66. The number of pyridine rings is 1. The number of hydrogen-bond acceptors (Lipinski definition) is 3. The quantitative estimate of drug-likeness (QED) is 0.737. The lowest BCUT2D eigenvalue weighted by Crippen LogP contribution is -2.01. The minimum atomic E-state index is 0.530. The number of carbonyl (C=O) groups excluding carboxylic acids is 1. The van der Waals surface area contributed by atoms with E-state index in [1.54, 1.807) is 12.3 Å². The van der Waals surface area contributed by atoms with Crippen molar-refractivity contribution in [3.05, 3.63) is 59.9 Å². The van der Waals surface area contributed by atoms with Gasteiger partial charge in [-0.05, 0) is 11.6 Å². The van der Waals surface area contributed by atoms with Crippen LogP contribution in [0.3, 0.4) is 0 Å². The van der Waals surface area contributed by atoms with Gasteiger partial charge in [0.25, 0.3) is 0 Å². The molecule has 0 saturated carbocycles. The third kappa shape index (κ3) is 3.41. The molecule has 2 aromatic rings. The maximum Gasteiger partial charge on any atom is 0.151 e. The van der Waals surface area contributed by atoms with Crippen LogP contribution in [0.5, 0.6) is 5.75 Å². The van der Waals surface area contributed by atoms with E-state index in [1.807, 2.05) is 18.2 Å². The Labute approximate surface area is 100 Å². The van der Waals surface area contributed by atoms with Crippen molar-refractivity contribution in [2.75, 3.05) is 6.61 Å². The Bertz CT molecular complexity index is 483. The highest BCUT2D eigenvalue weighted by Gasteiger charge is 1.97. The van der Waals surface area contributed by atoms with Crippen molar-refractivity contribution in [1.82, 2.24) is 4.98 Å². The van der Waals surface area contributed by atoms with Crippen molar-refractivity contribution in [2.45, 2.75) is 6.42 Å². The molecule has 0 N–H and O–H groups in total. The summed E-state index contributed by atoms with van der Waals surface area (Å²) in [4.78, 5) is 14.5. The zero-order valence-electron chi connectivity index (χ0n) is 9.37. The molecule has 1 heterocycles. The summed E-state index contributed by atoms with van der Waals surface area (Å²) in [6.07, 6.45) is 4.72. The molecule has 0 aliphatic carbocycles. The maximum absolute atomic E-state index is 10.6. The molecular weight excluding hydrogens is 214 g/mol. The summed E-state index contributed by atoms with van der Waals surface area (Å²) >= 11 is 0. The van der Waals surface area contributed by atoms with E-state index in [0.29, 0.717) is 17.9 Å². The highest BCUT2D eigenvalue weighted by molar-refractivity contribution is 5.74. The molecule has 0 spiro atoms. The van der Waals surface area contributed by atoms with Crippen LogP contribution in [0.4, 0.5) is 0 Å². The van der Waals surface area contributed by atoms with Crippen LogP contribution in [0, 0.1) is 0 Å². The number of carbonyl (C=O) groups is 1. The number of nitrogens with zero attached hydrogens (tertiary/aromatic N) is 1. The summed E-state index contributed by atoms with van der Waals surface area (Å²) < 4.78 is 5.53. The van der Waals surface area contributed by atoms with Gasteiger partial charge in [0.15, 0.2) is 6.29 Å². The fourth-order valence-electron chi connectivity index (χ4n) is 1.51. The summed E-state index contributed by atoms with van der Waals surface area (Å²) in [6.45, 7) is 0.577. The molecule has 17 heavy (non-hydrogen) atoms. The van der Waals surface area contributed by atoms with E-state index in [0.717, 1.165) is 12.7 Å². The lowest BCUT2D eigenvalue weighted by atomic mass is 10.2. The van der Waals surface area contributed by atoms with Gasteiger partial charge in [-0.15, -0.1) is 0 Å². The molecule has 86 valence electrons. The van der Waals surface area contributed by atoms with Crippen LogP contribution in [-0.4, -0.2) is 17.9 Å². The first-order chi connectivity index (χ1) is 8.38. The smallest absolute Gasteiger partial charge is 0.151 e. The summed E-state index contributed by atoms with van der Waals surface area (Å²) in [7, 11) is 0. The zero-order valence-corrected chi connectivity index (χ0v) is 9.37. The molecule has 0 unspecified atom stereocenters. The zero-order chi connectivity index (χ0) is 11.9. The van der Waals surface area contributed by atoms with Crippen molar-refractivity contribution in [3.8, 4) is 5.75 Å². The van der Waals surface area contributed by atoms with Crippen LogP contribution in [0.2, 0.25) is 0 Å². The number of hydrogen-bond donors (Lipinski definition) is 0. The SMILES string of the molecule is O=Cc1cncc(OCCc2ccccc2)c1. The maximum atomic E-state index is 10.6. The Morgan fingerprint density at radius 3 is 2.76 bits per heavy atom. The van der Waals surface area contributed by atoms with Crippen LogP contribution in [-0.2, 0) is 6.42 Å². The third-order valence-corrected chi connectivity index (χ3v) is 2.37. The third-order valence-electron chi connectivity index (χ3n) is 2.37. The molecule has 1 aromatic heterocycles. The molecule has 0 aliphatic rings. The Hall–Kier alpha value is -2.16. The van der Waals surface area contributed by atoms with Gasteiger partial charge >= 0.3 is 0 Å². The van der Waals surface area contributed by atoms with Crippen LogP contribution in [0.15, 0.2) is 48.8 Å². The standard InChI is InChI=1S/C14H13NO2/c16-11-13-8-14(10-15-9-13)17-7-6-12-4-2-1-3-5-12/h1-5,8-11H,6-7H2. The average Bonchev–Trinajstić information content (AvgIpc) is 2.40. The molecular formula is C14H13NO2. The summed E-state index contributed by atoms with van der Waals surface area (Å²) in [5, 5.41) is 0. The van der Waals surface area contributed by atoms with Crippen molar-refractivity contribution in [2.24, 2.45) is 0 Å². The van der Waals surface area contributed by atoms with Gasteiger partial charge < -0.3 is 4.74 Å². The van der Waals surface area contributed by atoms with Gasteiger partial charge in [-0.25, -0.2) is 0 Å². The highest BCUT2D eigenvalue weighted by atomic mass is 16.5. The number of ether oxygens (including phenoxy) is 1. The van der Waals surface area contributed by atoms with Crippen LogP contribution in [0.1, 0.15) is 15.9 Å². The van der Waals surface area contributed by atoms with Gasteiger partial charge in [-0.2, -0.15) is 0 Å². The van der Waals surface area contributed by atoms with E-state index >= 15 is 0 Å². The molecule has 0 aliphatic heterocycles. The van der Waals surface area contributed by atoms with Gasteiger partial charge in [0.2, 0.25) is 0 Å². The lowest BCUT2D eigenvalue weighted by molar-refractivity contribution is 0.112. The summed E-state index contributed by atoms with van der Waals surface area (Å²) in [6, 6.07) is 11.8. The Morgan fingerprint density at radius 1 is 1.18 bits per heavy atom. The highest BCUT2D eigenvalue weighted by Crippen LogP contribution is 2.10. The predicted octanol–water partition coefficient (Wildman–Crippen LogP) is 2.52. The monoisotopic (exact) mass is 227 g/mol. The van der Waals surface area contributed by atoms with E-state index in [-0.39, 0.29) is 0 Å². The first-order valence-corrected chi connectivity index (χ1v) is 5.45. The van der Waals surface area contributed by atoms with E-state index < -0.39 is 0 Å². The molecule has 0 saturated heterocycles. The van der Waals surface area contributed by atoms with Gasteiger partial charge in [0.1, 0.15) is 5.75 Å². The first-order valence-electron chi connectivity index (χ1n) is 5.45. The molecule has 0 amide bonds. The normalized spacial score (nSPS) is 9.88. The molecule has 0 atom stereocenters. The molecule has 0 fully saturated rings. The summed E-state index contributed by atoms with van der Waals surface area (Å²) in [5.74, 6) is 0.630. The second-order valence-corrected chi connectivity index (χ2v) is 3.66. The Kier molecular flexibility index (Phi) is 3.86. The molecule has 3 nitrogen and oxygen atoms in total. The fraction of sp³-hybridized carbons (Fsp3) is 0.143. The molecule has 3 heteroatoms. The van der Waals surface area contributed by atoms with E-state index in [4.69, 9.17) is 4.74 Å². The van der Waals surface area contributed by atoms with Gasteiger partial charge in [-0.3, -0.25) is 9.78 Å².